The largest absolute Gasteiger partial charge is 1.00 e. The fourth-order valence-corrected chi connectivity index (χ4v) is 2.60. The van der Waals surface area contributed by atoms with E-state index in [1.165, 1.54) is 18.6 Å². The molecule has 8 heteroatoms. The van der Waals surface area contributed by atoms with Gasteiger partial charge in [-0.25, -0.2) is 28.4 Å². The number of benzene rings is 1. The van der Waals surface area contributed by atoms with Gasteiger partial charge in [0.25, 0.3) is 0 Å². The third-order valence-corrected chi connectivity index (χ3v) is 4.52. The van der Waals surface area contributed by atoms with Crippen molar-refractivity contribution in [2.45, 2.75) is 52.1 Å². The van der Waals surface area contributed by atoms with Gasteiger partial charge in [0.05, 0.1) is 17.7 Å². The molecule has 0 unspecified atom stereocenters. The van der Waals surface area contributed by atoms with Crippen molar-refractivity contribution >= 4 is 0 Å². The second-order valence-electron chi connectivity index (χ2n) is 7.35. The van der Waals surface area contributed by atoms with E-state index < -0.39 is 11.6 Å². The Morgan fingerprint density at radius 3 is 2.22 bits per heavy atom. The summed E-state index contributed by atoms with van der Waals surface area (Å²) >= 11 is 0. The van der Waals surface area contributed by atoms with Crippen LogP contribution in [0.15, 0.2) is 53.7 Å². The van der Waals surface area contributed by atoms with Crippen LogP contribution in [0.4, 0.5) is 8.78 Å². The summed E-state index contributed by atoms with van der Waals surface area (Å²) in [6, 6.07) is 9.16. The van der Waals surface area contributed by atoms with Gasteiger partial charge < -0.3 is 25.4 Å². The zero-order chi connectivity index (χ0) is 25.5. The number of nitrogens with zero attached hydrogens (tertiary/aromatic N) is 3. The Morgan fingerprint density at radius 2 is 1.83 bits per heavy atom. The smallest absolute Gasteiger partial charge is 1.00 e. The quantitative estimate of drug-likeness (QED) is 0.405. The Labute approximate surface area is 258 Å². The van der Waals surface area contributed by atoms with Crippen molar-refractivity contribution in [2.75, 3.05) is 0 Å². The third-order valence-electron chi connectivity index (χ3n) is 4.52. The molecule has 2 heterocycles. The molecular formula is C28H35F2KN3O2-3. The Bertz CT molecular complexity index is 1040. The molecule has 36 heavy (non-hydrogen) atoms. The molecular weight excluding hydrogens is 487 g/mol. The normalized spacial score (nSPS) is 10.8. The maximum absolute atomic E-state index is 13.7. The molecule has 1 fully saturated rings. The van der Waals surface area contributed by atoms with Gasteiger partial charge in [-0.1, -0.05) is 24.6 Å². The zero-order valence-electron chi connectivity index (χ0n) is 22.7. The summed E-state index contributed by atoms with van der Waals surface area (Å²) < 4.78 is 32.5. The molecule has 1 aliphatic rings. The predicted molar refractivity (Wildman–Crippen MR) is 137 cm³/mol. The number of halogens is 2. The standard InChI is InChI=1S/C13H11F2NO2.C7H6N2.C4H9.C3H5.CH3.K.H/c14-9-2-1-3-10(15)11(9)12-8(6-17)13(18-16-12)7-4-5-7;1-6-2-3-7(4-8)5-9-6;1-3-4-2;1-3-2;;;/h1-3,7,17H,4-6H2;2-3,5H,1H3;1,3-4H2,2H3;3H,1-2H2;1H3;;/q;;3*-1;+1;-1. The Balaban J connectivity index is -0.000000518. The number of hydrogen-bond acceptors (Lipinski definition) is 5. The van der Waals surface area contributed by atoms with Crippen LogP contribution < -0.4 is 51.4 Å². The van der Waals surface area contributed by atoms with E-state index in [1.807, 2.05) is 19.1 Å². The second-order valence-corrected chi connectivity index (χ2v) is 7.35. The van der Waals surface area contributed by atoms with Crippen LogP contribution in [0.1, 0.15) is 62.5 Å². The van der Waals surface area contributed by atoms with Gasteiger partial charge in [0.1, 0.15) is 29.2 Å². The molecule has 0 bridgehead atoms. The van der Waals surface area contributed by atoms with Crippen molar-refractivity contribution in [3.63, 3.8) is 0 Å². The number of unbranched alkanes of at least 4 members (excludes halogenated alkanes) is 1. The van der Waals surface area contributed by atoms with Gasteiger partial charge in [0.15, 0.2) is 0 Å². The number of hydrogen-bond donors (Lipinski definition) is 1. The molecule has 0 atom stereocenters. The van der Waals surface area contributed by atoms with Crippen molar-refractivity contribution in [3.8, 4) is 17.3 Å². The third kappa shape index (κ3) is 11.9. The van der Waals surface area contributed by atoms with E-state index in [1.54, 1.807) is 12.3 Å². The summed E-state index contributed by atoms with van der Waals surface area (Å²) in [5, 5.41) is 21.4. The molecule has 0 spiro atoms. The molecule has 1 saturated carbocycles. The molecule has 0 saturated heterocycles. The molecule has 4 rings (SSSR count). The van der Waals surface area contributed by atoms with E-state index in [-0.39, 0.29) is 84.0 Å². The van der Waals surface area contributed by atoms with Crippen LogP contribution in [0.5, 0.6) is 0 Å². The van der Waals surface area contributed by atoms with Crippen molar-refractivity contribution < 1.29 is 71.2 Å². The molecule has 3 aromatic rings. The molecule has 0 aliphatic heterocycles. The number of aliphatic hydroxyl groups excluding tert-OH is 1. The van der Waals surface area contributed by atoms with Crippen LogP contribution in [0.3, 0.4) is 0 Å². The van der Waals surface area contributed by atoms with Gasteiger partial charge in [-0.05, 0) is 44.0 Å². The fraction of sp³-hybridized carbons (Fsp3) is 0.286. The van der Waals surface area contributed by atoms with E-state index in [9.17, 15) is 13.9 Å². The molecule has 1 N–H and O–H groups in total. The molecule has 2 aromatic heterocycles. The van der Waals surface area contributed by atoms with E-state index >= 15 is 0 Å². The minimum absolute atomic E-state index is 0. The van der Waals surface area contributed by atoms with E-state index in [0.29, 0.717) is 16.9 Å². The van der Waals surface area contributed by atoms with Crippen molar-refractivity contribution in [1.29, 1.82) is 5.26 Å². The van der Waals surface area contributed by atoms with E-state index in [0.717, 1.165) is 37.1 Å². The number of rotatable bonds is 4. The molecule has 1 aliphatic carbocycles. The molecule has 1 aromatic carbocycles. The second kappa shape index (κ2) is 20.2. The maximum atomic E-state index is 13.7. The molecule has 192 valence electrons. The van der Waals surface area contributed by atoms with Gasteiger partial charge in [0.2, 0.25) is 0 Å². The maximum Gasteiger partial charge on any atom is 1.00 e. The van der Waals surface area contributed by atoms with Crippen molar-refractivity contribution in [3.05, 3.63) is 105 Å². The molecule has 0 amide bonds. The van der Waals surface area contributed by atoms with Crippen LogP contribution in [0, 0.1) is 51.2 Å². The summed E-state index contributed by atoms with van der Waals surface area (Å²) in [6.07, 6.45) is 7.26. The number of aliphatic hydroxyl groups is 1. The number of pyridine rings is 1. The first-order valence-electron chi connectivity index (χ1n) is 10.9. The van der Waals surface area contributed by atoms with Gasteiger partial charge in [0, 0.05) is 23.4 Å². The summed E-state index contributed by atoms with van der Waals surface area (Å²) in [6.45, 7) is 13.8. The number of nitriles is 1. The summed E-state index contributed by atoms with van der Waals surface area (Å²) in [4.78, 5) is 3.93. The van der Waals surface area contributed by atoms with Crippen molar-refractivity contribution in [1.82, 2.24) is 10.1 Å². The van der Waals surface area contributed by atoms with Crippen LogP contribution in [0.25, 0.3) is 11.3 Å². The number of allylic oxidation sites excluding steroid dienone is 1. The van der Waals surface area contributed by atoms with E-state index in [2.05, 4.69) is 37.5 Å². The monoisotopic (exact) mass is 522 g/mol. The Kier molecular flexibility index (Phi) is 20.4. The van der Waals surface area contributed by atoms with E-state index in [4.69, 9.17) is 9.78 Å². The van der Waals surface area contributed by atoms with Crippen LogP contribution >= 0.6 is 0 Å². The van der Waals surface area contributed by atoms with Crippen LogP contribution in [-0.2, 0) is 6.61 Å². The molecule has 5 nitrogen and oxygen atoms in total. The van der Waals surface area contributed by atoms with Gasteiger partial charge in [-0.2, -0.15) is 11.7 Å². The topological polar surface area (TPSA) is 82.9 Å². The number of aryl methyl sites for hydroxylation is 1. The van der Waals surface area contributed by atoms with Gasteiger partial charge >= 0.3 is 51.4 Å². The SMILES string of the molecule is C=C[CH2-].Cc1ccc(C#N)cn1.OCc1c(-c2c(F)cccc2F)noc1C1CC1.[CH2-]CCC.[CH3-].[H-].[K+]. The van der Waals surface area contributed by atoms with Crippen LogP contribution in [-0.4, -0.2) is 15.2 Å². The molecule has 0 radical (unpaired) electrons. The first kappa shape index (κ1) is 36.3. The van der Waals surface area contributed by atoms with Crippen molar-refractivity contribution in [2.24, 2.45) is 0 Å². The Morgan fingerprint density at radius 1 is 1.28 bits per heavy atom. The average molecular weight is 523 g/mol. The minimum atomic E-state index is -0.708. The van der Waals surface area contributed by atoms with Gasteiger partial charge in [-0.3, -0.25) is 4.98 Å². The average Bonchev–Trinajstić information content (AvgIpc) is 3.60. The van der Waals surface area contributed by atoms with Gasteiger partial charge in [-0.15, -0.1) is 0 Å². The minimum Gasteiger partial charge on any atom is -1.00 e. The van der Waals surface area contributed by atoms with Crippen LogP contribution in [0.2, 0.25) is 0 Å². The Hall–Kier alpha value is -1.86. The number of aromatic nitrogens is 2. The predicted octanol–water partition coefficient (Wildman–Crippen LogP) is 4.45. The zero-order valence-corrected chi connectivity index (χ0v) is 24.9. The summed E-state index contributed by atoms with van der Waals surface area (Å²) in [7, 11) is 0. The first-order chi connectivity index (χ1) is 16.4. The fourth-order valence-electron chi connectivity index (χ4n) is 2.60. The summed E-state index contributed by atoms with van der Waals surface area (Å²) in [5.74, 6) is -0.640. The summed E-state index contributed by atoms with van der Waals surface area (Å²) in [5.41, 5.74) is 1.77. The first-order valence-corrected chi connectivity index (χ1v) is 10.9.